The number of nitrogens with one attached hydrogen (secondary N) is 1. The van der Waals surface area contributed by atoms with Crippen molar-refractivity contribution in [3.8, 4) is 0 Å². The number of nitrogens with two attached hydrogens (primary N) is 1. The Morgan fingerprint density at radius 2 is 1.60 bits per heavy atom. The first kappa shape index (κ1) is 21.7. The molecule has 0 saturated heterocycles. The predicted octanol–water partition coefficient (Wildman–Crippen LogP) is 3.38. The average Bonchev–Trinajstić information content (AvgIpc) is 3.21. The van der Waals surface area contributed by atoms with Gasteiger partial charge in [0.25, 0.3) is 0 Å². The van der Waals surface area contributed by atoms with Crippen molar-refractivity contribution >= 4 is 12.1 Å². The molecule has 0 aromatic heterocycles. The van der Waals surface area contributed by atoms with Gasteiger partial charge in [0, 0.05) is 12.5 Å². The summed E-state index contributed by atoms with van der Waals surface area (Å²) in [5, 5.41) is 2.99. The molecule has 2 atom stereocenters. The number of hydrogen-bond donors (Lipinski definition) is 2. The molecule has 1 aliphatic rings. The number of hydrogen-bond acceptors (Lipinski definition) is 5. The second kappa shape index (κ2) is 8.88. The van der Waals surface area contributed by atoms with E-state index in [1.165, 1.54) is 0 Å². The van der Waals surface area contributed by atoms with E-state index in [2.05, 4.69) is 5.32 Å². The Kier molecular flexibility index (Phi) is 7.72. The van der Waals surface area contributed by atoms with Crippen LogP contribution in [0.3, 0.4) is 0 Å². The molecule has 1 amide bonds. The van der Waals surface area contributed by atoms with Crippen molar-refractivity contribution in [2.75, 3.05) is 6.54 Å². The molecule has 1 fully saturated rings. The van der Waals surface area contributed by atoms with Crippen LogP contribution >= 0.6 is 0 Å². The topological polar surface area (TPSA) is 90.6 Å². The first-order valence-corrected chi connectivity index (χ1v) is 9.31. The van der Waals surface area contributed by atoms with Crippen LogP contribution in [-0.4, -0.2) is 35.9 Å². The second-order valence-corrected chi connectivity index (χ2v) is 9.06. The van der Waals surface area contributed by atoms with Gasteiger partial charge in [-0.2, -0.15) is 0 Å². The van der Waals surface area contributed by atoms with Gasteiger partial charge in [0.05, 0.1) is 0 Å². The first-order chi connectivity index (χ1) is 11.4. The molecule has 1 saturated carbocycles. The van der Waals surface area contributed by atoms with Crippen LogP contribution < -0.4 is 11.1 Å². The number of carbonyl (C=O) groups is 2. The summed E-state index contributed by atoms with van der Waals surface area (Å²) >= 11 is 0. The van der Waals surface area contributed by atoms with Gasteiger partial charge in [-0.15, -0.1) is 0 Å². The van der Waals surface area contributed by atoms with Crippen molar-refractivity contribution in [3.05, 3.63) is 0 Å². The van der Waals surface area contributed by atoms with E-state index >= 15 is 0 Å². The average molecular weight is 357 g/mol. The quantitative estimate of drug-likeness (QED) is 0.651. The third-order valence-corrected chi connectivity index (χ3v) is 3.99. The first-order valence-electron chi connectivity index (χ1n) is 9.31. The fraction of sp³-hybridized carbons (Fsp3) is 0.895. The molecular formula is C19H36N2O4. The van der Waals surface area contributed by atoms with Crippen molar-refractivity contribution in [2.24, 2.45) is 17.6 Å². The molecule has 6 heteroatoms. The minimum Gasteiger partial charge on any atom is -0.460 e. The van der Waals surface area contributed by atoms with Crippen LogP contribution in [0.15, 0.2) is 0 Å². The lowest BCUT2D eigenvalue weighted by Crippen LogP contribution is -2.40. The van der Waals surface area contributed by atoms with E-state index in [4.69, 9.17) is 15.2 Å². The highest BCUT2D eigenvalue weighted by Crippen LogP contribution is 2.35. The number of amides is 1. The largest absolute Gasteiger partial charge is 0.460 e. The SMILES string of the molecule is CC(C)(C)OC(=O)C[C@H](CN)CCC(NC(=O)OC(C)(C)C)C1CC1. The van der Waals surface area contributed by atoms with E-state index in [0.717, 1.165) is 25.7 Å². The molecule has 146 valence electrons. The van der Waals surface area contributed by atoms with Crippen LogP contribution in [0.5, 0.6) is 0 Å². The fourth-order valence-electron chi connectivity index (χ4n) is 2.72. The van der Waals surface area contributed by atoms with E-state index in [9.17, 15) is 9.59 Å². The molecule has 25 heavy (non-hydrogen) atoms. The highest BCUT2D eigenvalue weighted by Gasteiger charge is 2.33. The molecule has 0 aromatic carbocycles. The summed E-state index contributed by atoms with van der Waals surface area (Å²) in [5.41, 5.74) is 4.84. The van der Waals surface area contributed by atoms with Gasteiger partial charge in [-0.05, 0) is 85.6 Å². The van der Waals surface area contributed by atoms with Crippen LogP contribution in [0, 0.1) is 11.8 Å². The zero-order valence-electron chi connectivity index (χ0n) is 16.7. The smallest absolute Gasteiger partial charge is 0.407 e. The number of rotatable bonds is 8. The van der Waals surface area contributed by atoms with Gasteiger partial charge in [0.2, 0.25) is 0 Å². The molecule has 0 aliphatic heterocycles. The molecule has 1 unspecified atom stereocenters. The van der Waals surface area contributed by atoms with Crippen LogP contribution in [0.1, 0.15) is 73.6 Å². The predicted molar refractivity (Wildman–Crippen MR) is 98.1 cm³/mol. The van der Waals surface area contributed by atoms with Gasteiger partial charge >= 0.3 is 12.1 Å². The maximum absolute atomic E-state index is 12.0. The highest BCUT2D eigenvalue weighted by atomic mass is 16.6. The van der Waals surface area contributed by atoms with Crippen molar-refractivity contribution in [3.63, 3.8) is 0 Å². The van der Waals surface area contributed by atoms with Crippen molar-refractivity contribution in [1.29, 1.82) is 0 Å². The van der Waals surface area contributed by atoms with E-state index in [1.807, 2.05) is 41.5 Å². The number of alkyl carbamates (subject to hydrolysis) is 1. The molecule has 0 bridgehead atoms. The van der Waals surface area contributed by atoms with Crippen LogP contribution in [0.2, 0.25) is 0 Å². The number of esters is 1. The third kappa shape index (κ3) is 10.3. The number of ether oxygens (including phenoxy) is 2. The molecule has 0 spiro atoms. The van der Waals surface area contributed by atoms with E-state index in [-0.39, 0.29) is 24.0 Å². The molecule has 1 aliphatic carbocycles. The Bertz CT molecular complexity index is 447. The van der Waals surface area contributed by atoms with Gasteiger partial charge in [-0.25, -0.2) is 4.79 Å². The Balaban J connectivity index is 2.46. The van der Waals surface area contributed by atoms with Gasteiger partial charge in [0.1, 0.15) is 11.2 Å². The summed E-state index contributed by atoms with van der Waals surface area (Å²) in [4.78, 5) is 24.0. The fourth-order valence-corrected chi connectivity index (χ4v) is 2.72. The van der Waals surface area contributed by atoms with Crippen LogP contribution in [-0.2, 0) is 14.3 Å². The van der Waals surface area contributed by atoms with Crippen molar-refractivity contribution in [1.82, 2.24) is 5.32 Å². The van der Waals surface area contributed by atoms with Crippen molar-refractivity contribution < 1.29 is 19.1 Å². The standard InChI is InChI=1S/C19H36N2O4/c1-18(2,3)24-16(22)11-13(12-20)7-10-15(14-8-9-14)21-17(23)25-19(4,5)6/h13-15H,7-12,20H2,1-6H3,(H,21,23)/t13-,15?/m1/s1. The van der Waals surface area contributed by atoms with Gasteiger partial charge in [-0.3, -0.25) is 4.79 Å². The summed E-state index contributed by atoms with van der Waals surface area (Å²) in [6.07, 6.45) is 3.78. The minimum atomic E-state index is -0.505. The summed E-state index contributed by atoms with van der Waals surface area (Å²) in [6, 6.07) is 0.0857. The summed E-state index contributed by atoms with van der Waals surface area (Å²) in [6.45, 7) is 11.6. The third-order valence-electron chi connectivity index (χ3n) is 3.99. The molecule has 0 heterocycles. The Morgan fingerprint density at radius 3 is 2.04 bits per heavy atom. The lowest BCUT2D eigenvalue weighted by molar-refractivity contribution is -0.156. The summed E-state index contributed by atoms with van der Waals surface area (Å²) < 4.78 is 10.7. The minimum absolute atomic E-state index is 0.0662. The normalized spacial score (nSPS) is 17.6. The highest BCUT2D eigenvalue weighted by molar-refractivity contribution is 5.70. The molecule has 6 nitrogen and oxygen atoms in total. The monoisotopic (exact) mass is 356 g/mol. The van der Waals surface area contributed by atoms with E-state index in [1.54, 1.807) is 0 Å². The Labute approximate surface area is 152 Å². The van der Waals surface area contributed by atoms with Gasteiger partial charge < -0.3 is 20.5 Å². The summed E-state index contributed by atoms with van der Waals surface area (Å²) in [7, 11) is 0. The molecular weight excluding hydrogens is 320 g/mol. The maximum atomic E-state index is 12.0. The summed E-state index contributed by atoms with van der Waals surface area (Å²) in [5.74, 6) is 0.357. The van der Waals surface area contributed by atoms with Crippen LogP contribution in [0.4, 0.5) is 4.79 Å². The Hall–Kier alpha value is -1.30. The molecule has 0 radical (unpaired) electrons. The van der Waals surface area contributed by atoms with Crippen molar-refractivity contribution in [2.45, 2.75) is 90.9 Å². The van der Waals surface area contributed by atoms with E-state index < -0.39 is 11.2 Å². The second-order valence-electron chi connectivity index (χ2n) is 9.06. The Morgan fingerprint density at radius 1 is 1.04 bits per heavy atom. The van der Waals surface area contributed by atoms with E-state index in [0.29, 0.717) is 18.9 Å². The van der Waals surface area contributed by atoms with Gasteiger partial charge in [0.15, 0.2) is 0 Å². The zero-order chi connectivity index (χ0) is 19.3. The molecule has 3 N–H and O–H groups in total. The van der Waals surface area contributed by atoms with Gasteiger partial charge in [-0.1, -0.05) is 0 Å². The molecule has 1 rings (SSSR count). The lowest BCUT2D eigenvalue weighted by Gasteiger charge is -2.25. The zero-order valence-corrected chi connectivity index (χ0v) is 16.7. The maximum Gasteiger partial charge on any atom is 0.407 e. The lowest BCUT2D eigenvalue weighted by atomic mass is 9.95. The van der Waals surface area contributed by atoms with Crippen LogP contribution in [0.25, 0.3) is 0 Å². The molecule has 0 aromatic rings. The number of carbonyl (C=O) groups excluding carboxylic acids is 2.